The summed E-state index contributed by atoms with van der Waals surface area (Å²) in [6, 6.07) is 7.32. The van der Waals surface area contributed by atoms with Crippen molar-refractivity contribution in [2.75, 3.05) is 19.8 Å². The van der Waals surface area contributed by atoms with Gasteiger partial charge in [-0.3, -0.25) is 9.59 Å². The smallest absolute Gasteiger partial charge is 0.245 e. The number of benzene rings is 1. The second kappa shape index (κ2) is 6.59. The number of imidazole rings is 1. The molecule has 132 valence electrons. The van der Waals surface area contributed by atoms with Gasteiger partial charge >= 0.3 is 0 Å². The summed E-state index contributed by atoms with van der Waals surface area (Å²) in [6.07, 6.45) is 4.14. The predicted molar refractivity (Wildman–Crippen MR) is 93.1 cm³/mol. The highest BCUT2D eigenvalue weighted by Crippen LogP contribution is 2.30. The molecule has 3 atom stereocenters. The number of rotatable bonds is 3. The number of morpholine rings is 1. The molecule has 1 aromatic carbocycles. The number of carbonyl (C=O) groups excluding carboxylic acids is 2. The molecule has 6 nitrogen and oxygen atoms in total. The molecule has 0 bridgehead atoms. The highest BCUT2D eigenvalue weighted by molar-refractivity contribution is 5.87. The molecule has 25 heavy (non-hydrogen) atoms. The first-order valence-electron chi connectivity index (χ1n) is 8.99. The van der Waals surface area contributed by atoms with Gasteiger partial charge < -0.3 is 14.2 Å². The van der Waals surface area contributed by atoms with Crippen molar-refractivity contribution in [1.29, 1.82) is 0 Å². The number of Topliss-reactive ketones (excluding diaryl/α,β-unsaturated/α-hetero) is 1. The minimum Gasteiger partial charge on any atom is -0.377 e. The standard InChI is InChI=1S/C19H23N3O3/c1-13(22-12-20-15-6-2-3-7-16(15)22)19(24)21-9-10-25-11-17(21)14-5-4-8-18(14)23/h2-3,6-7,12-14,17H,4-5,8-11H2,1H3. The quantitative estimate of drug-likeness (QED) is 0.858. The van der Waals surface area contributed by atoms with E-state index in [2.05, 4.69) is 4.98 Å². The highest BCUT2D eigenvalue weighted by atomic mass is 16.5. The van der Waals surface area contributed by atoms with Crippen LogP contribution < -0.4 is 0 Å². The van der Waals surface area contributed by atoms with Crippen molar-refractivity contribution in [3.05, 3.63) is 30.6 Å². The molecule has 1 aliphatic heterocycles. The van der Waals surface area contributed by atoms with Crippen LogP contribution in [-0.4, -0.2) is 51.9 Å². The van der Waals surface area contributed by atoms with Crippen LogP contribution in [0, 0.1) is 5.92 Å². The van der Waals surface area contributed by atoms with Crippen molar-refractivity contribution in [2.24, 2.45) is 5.92 Å². The first kappa shape index (κ1) is 16.3. The van der Waals surface area contributed by atoms with E-state index in [0.717, 1.165) is 23.9 Å². The Morgan fingerprint density at radius 2 is 2.20 bits per heavy atom. The summed E-state index contributed by atoms with van der Waals surface area (Å²) in [4.78, 5) is 31.7. The topological polar surface area (TPSA) is 64.4 Å². The zero-order chi connectivity index (χ0) is 17.4. The second-order valence-electron chi connectivity index (χ2n) is 6.96. The maximum Gasteiger partial charge on any atom is 0.245 e. The monoisotopic (exact) mass is 341 g/mol. The van der Waals surface area contributed by atoms with E-state index >= 15 is 0 Å². The number of hydrogen-bond acceptors (Lipinski definition) is 4. The molecule has 2 fully saturated rings. The lowest BCUT2D eigenvalue weighted by molar-refractivity contribution is -0.147. The summed E-state index contributed by atoms with van der Waals surface area (Å²) in [5, 5.41) is 0. The van der Waals surface area contributed by atoms with Crippen LogP contribution in [-0.2, 0) is 14.3 Å². The van der Waals surface area contributed by atoms with Gasteiger partial charge in [0.05, 0.1) is 36.6 Å². The van der Waals surface area contributed by atoms with Crippen molar-refractivity contribution >= 4 is 22.7 Å². The van der Waals surface area contributed by atoms with E-state index in [0.29, 0.717) is 26.2 Å². The van der Waals surface area contributed by atoms with Gasteiger partial charge in [0.1, 0.15) is 11.8 Å². The van der Waals surface area contributed by atoms with Crippen molar-refractivity contribution in [3.63, 3.8) is 0 Å². The largest absolute Gasteiger partial charge is 0.377 e. The summed E-state index contributed by atoms with van der Waals surface area (Å²) in [5.41, 5.74) is 1.83. The predicted octanol–water partition coefficient (Wildman–Crippen LogP) is 2.19. The van der Waals surface area contributed by atoms with E-state index in [1.54, 1.807) is 6.33 Å². The van der Waals surface area contributed by atoms with E-state index in [-0.39, 0.29) is 29.7 Å². The third-order valence-electron chi connectivity index (χ3n) is 5.52. The minimum absolute atomic E-state index is 0.0381. The SMILES string of the molecule is CC(C(=O)N1CCOCC1C1CCCC1=O)n1cnc2ccccc21. The van der Waals surface area contributed by atoms with Crippen molar-refractivity contribution in [3.8, 4) is 0 Å². The molecule has 4 rings (SSSR count). The van der Waals surface area contributed by atoms with Gasteiger partial charge in [0.15, 0.2) is 0 Å². The molecule has 0 spiro atoms. The zero-order valence-electron chi connectivity index (χ0n) is 14.4. The van der Waals surface area contributed by atoms with Crippen LogP contribution in [0.2, 0.25) is 0 Å². The third kappa shape index (κ3) is 2.84. The number of ether oxygens (including phenoxy) is 1. The Morgan fingerprint density at radius 1 is 1.36 bits per heavy atom. The van der Waals surface area contributed by atoms with Crippen molar-refractivity contribution in [1.82, 2.24) is 14.5 Å². The van der Waals surface area contributed by atoms with Gasteiger partial charge in [-0.25, -0.2) is 4.98 Å². The van der Waals surface area contributed by atoms with Gasteiger partial charge in [-0.05, 0) is 31.9 Å². The van der Waals surface area contributed by atoms with Crippen molar-refractivity contribution < 1.29 is 14.3 Å². The summed E-state index contributed by atoms with van der Waals surface area (Å²) in [7, 11) is 0. The molecule has 2 aromatic rings. The summed E-state index contributed by atoms with van der Waals surface area (Å²) >= 11 is 0. The molecule has 2 aliphatic rings. The van der Waals surface area contributed by atoms with Crippen LogP contribution in [0.3, 0.4) is 0 Å². The van der Waals surface area contributed by atoms with Crippen molar-refractivity contribution in [2.45, 2.75) is 38.3 Å². The Balaban J connectivity index is 1.60. The van der Waals surface area contributed by atoms with Crippen LogP contribution in [0.15, 0.2) is 30.6 Å². The number of hydrogen-bond donors (Lipinski definition) is 0. The normalized spacial score (nSPS) is 25.5. The molecule has 0 N–H and O–H groups in total. The number of aromatic nitrogens is 2. The van der Waals surface area contributed by atoms with E-state index < -0.39 is 0 Å². The molecule has 1 saturated carbocycles. The Hall–Kier alpha value is -2.21. The molecule has 1 aliphatic carbocycles. The lowest BCUT2D eigenvalue weighted by Crippen LogP contribution is -2.54. The summed E-state index contributed by atoms with van der Waals surface area (Å²) < 4.78 is 7.52. The number of amides is 1. The number of para-hydroxylation sites is 2. The van der Waals surface area contributed by atoms with Gasteiger partial charge in [-0.2, -0.15) is 0 Å². The lowest BCUT2D eigenvalue weighted by Gasteiger charge is -2.39. The van der Waals surface area contributed by atoms with Crippen LogP contribution in [0.25, 0.3) is 11.0 Å². The second-order valence-corrected chi connectivity index (χ2v) is 6.96. The van der Waals surface area contributed by atoms with Crippen LogP contribution in [0.4, 0.5) is 0 Å². The van der Waals surface area contributed by atoms with Crippen LogP contribution in [0.5, 0.6) is 0 Å². The summed E-state index contributed by atoms with van der Waals surface area (Å²) in [6.45, 7) is 3.43. The first-order valence-corrected chi connectivity index (χ1v) is 8.99. The Kier molecular flexibility index (Phi) is 4.29. The third-order valence-corrected chi connectivity index (χ3v) is 5.52. The number of ketones is 1. The molecule has 1 aromatic heterocycles. The number of nitrogens with zero attached hydrogens (tertiary/aromatic N) is 3. The number of carbonyl (C=O) groups is 2. The van der Waals surface area contributed by atoms with Crippen LogP contribution >= 0.6 is 0 Å². The maximum absolute atomic E-state index is 13.2. The molecule has 0 radical (unpaired) electrons. The molecule has 3 unspecified atom stereocenters. The van der Waals surface area contributed by atoms with Gasteiger partial charge in [0.25, 0.3) is 0 Å². The van der Waals surface area contributed by atoms with E-state index in [9.17, 15) is 9.59 Å². The van der Waals surface area contributed by atoms with Gasteiger partial charge in [0.2, 0.25) is 5.91 Å². The summed E-state index contributed by atoms with van der Waals surface area (Å²) in [5.74, 6) is 0.237. The average molecular weight is 341 g/mol. The Bertz CT molecular complexity index is 800. The number of fused-ring (bicyclic) bond motifs is 1. The lowest BCUT2D eigenvalue weighted by atomic mass is 9.95. The fraction of sp³-hybridized carbons (Fsp3) is 0.526. The fourth-order valence-corrected chi connectivity index (χ4v) is 4.13. The average Bonchev–Trinajstić information content (AvgIpc) is 3.26. The van der Waals surface area contributed by atoms with Crippen LogP contribution in [0.1, 0.15) is 32.2 Å². The van der Waals surface area contributed by atoms with Gasteiger partial charge in [0, 0.05) is 18.9 Å². The molecular weight excluding hydrogens is 318 g/mol. The zero-order valence-corrected chi connectivity index (χ0v) is 14.4. The minimum atomic E-state index is -0.357. The molecular formula is C19H23N3O3. The van der Waals surface area contributed by atoms with Gasteiger partial charge in [-0.15, -0.1) is 0 Å². The Labute approximate surface area is 146 Å². The molecule has 1 amide bonds. The van der Waals surface area contributed by atoms with Gasteiger partial charge in [-0.1, -0.05) is 12.1 Å². The highest BCUT2D eigenvalue weighted by Gasteiger charge is 2.40. The first-order chi connectivity index (χ1) is 12.2. The molecule has 6 heteroatoms. The maximum atomic E-state index is 13.2. The van der Waals surface area contributed by atoms with E-state index in [1.165, 1.54) is 0 Å². The fourth-order valence-electron chi connectivity index (χ4n) is 4.13. The van der Waals surface area contributed by atoms with E-state index in [1.807, 2.05) is 40.7 Å². The molecule has 2 heterocycles. The Morgan fingerprint density at radius 3 is 3.00 bits per heavy atom. The molecule has 1 saturated heterocycles. The van der Waals surface area contributed by atoms with E-state index in [4.69, 9.17) is 4.74 Å².